The number of carbonyl (C=O) groups excluding carboxylic acids is 1. The van der Waals surface area contributed by atoms with Gasteiger partial charge in [-0.1, -0.05) is 6.92 Å². The maximum absolute atomic E-state index is 12.0. The lowest BCUT2D eigenvalue weighted by Gasteiger charge is -2.06. The first-order valence-corrected chi connectivity index (χ1v) is 6.62. The maximum atomic E-state index is 12.0. The van der Waals surface area contributed by atoms with Gasteiger partial charge in [0.15, 0.2) is 5.96 Å². The van der Waals surface area contributed by atoms with Gasteiger partial charge in [-0.15, -0.1) is 0 Å². The first-order chi connectivity index (χ1) is 10.6. The molecule has 0 aliphatic heterocycles. The summed E-state index contributed by atoms with van der Waals surface area (Å²) >= 11 is 0. The lowest BCUT2D eigenvalue weighted by atomic mass is 10.2. The largest absolute Gasteiger partial charge is 0.370 e. The summed E-state index contributed by atoms with van der Waals surface area (Å²) < 4.78 is 1.67. The molecule has 2 heterocycles. The molecule has 3 aromatic rings. The molecule has 0 saturated carbocycles. The Morgan fingerprint density at radius 1 is 1.32 bits per heavy atom. The number of amides is 1. The molecular weight excluding hydrogens is 284 g/mol. The van der Waals surface area contributed by atoms with Gasteiger partial charge in [0.2, 0.25) is 0 Å². The van der Waals surface area contributed by atoms with Crippen LogP contribution >= 0.6 is 0 Å². The van der Waals surface area contributed by atoms with E-state index in [1.54, 1.807) is 4.68 Å². The van der Waals surface area contributed by atoms with Crippen LogP contribution in [0, 0.1) is 0 Å². The van der Waals surface area contributed by atoms with E-state index < -0.39 is 5.91 Å². The van der Waals surface area contributed by atoms with E-state index in [4.69, 9.17) is 11.5 Å². The quantitative estimate of drug-likeness (QED) is 0.463. The summed E-state index contributed by atoms with van der Waals surface area (Å²) in [4.78, 5) is 15.6. The molecule has 0 atom stereocenters. The van der Waals surface area contributed by atoms with E-state index in [-0.39, 0.29) is 5.96 Å². The van der Waals surface area contributed by atoms with Crippen LogP contribution in [-0.2, 0) is 6.42 Å². The summed E-state index contributed by atoms with van der Waals surface area (Å²) in [6, 6.07) is 5.51. The number of nitrogens with one attached hydrogen (secondary N) is 1. The molecule has 0 radical (unpaired) electrons. The van der Waals surface area contributed by atoms with Crippen LogP contribution in [0.3, 0.4) is 0 Å². The average Bonchev–Trinajstić information content (AvgIpc) is 3.11. The first-order valence-electron chi connectivity index (χ1n) is 6.62. The second-order valence-electron chi connectivity index (χ2n) is 4.61. The number of guanidine groups is 1. The Morgan fingerprint density at radius 3 is 2.82 bits per heavy atom. The fourth-order valence-corrected chi connectivity index (χ4v) is 2.25. The van der Waals surface area contributed by atoms with Crippen molar-refractivity contribution in [2.75, 3.05) is 0 Å². The highest BCUT2D eigenvalue weighted by Gasteiger charge is 2.17. The Morgan fingerprint density at radius 2 is 2.09 bits per heavy atom. The number of aliphatic imine (C=N–C) groups is 1. The molecular formula is C13H14N8O. The third kappa shape index (κ3) is 2.28. The summed E-state index contributed by atoms with van der Waals surface area (Å²) in [5, 5.41) is 14.9. The first kappa shape index (κ1) is 13.7. The fourth-order valence-electron chi connectivity index (χ4n) is 2.25. The van der Waals surface area contributed by atoms with Crippen LogP contribution in [0.5, 0.6) is 0 Å². The normalized spacial score (nSPS) is 10.8. The lowest BCUT2D eigenvalue weighted by Crippen LogP contribution is -2.24. The minimum atomic E-state index is -0.509. The van der Waals surface area contributed by atoms with Gasteiger partial charge in [-0.3, -0.25) is 4.79 Å². The SMILES string of the molecule is CCc1c(C(=O)N=C(N)N)cnn1-c1ccc2n[nH]nc2c1. The molecule has 0 saturated heterocycles. The minimum Gasteiger partial charge on any atom is -0.370 e. The molecule has 0 aliphatic rings. The Hall–Kier alpha value is -3.23. The van der Waals surface area contributed by atoms with Gasteiger partial charge >= 0.3 is 0 Å². The van der Waals surface area contributed by atoms with Gasteiger partial charge in [-0.05, 0) is 24.6 Å². The predicted molar refractivity (Wildman–Crippen MR) is 80.5 cm³/mol. The summed E-state index contributed by atoms with van der Waals surface area (Å²) in [5.41, 5.74) is 13.8. The van der Waals surface area contributed by atoms with Crippen LogP contribution in [0.15, 0.2) is 29.4 Å². The predicted octanol–water partition coefficient (Wildman–Crippen LogP) is 0.120. The molecule has 0 bridgehead atoms. The number of H-pyrrole nitrogens is 1. The van der Waals surface area contributed by atoms with Gasteiger partial charge in [-0.2, -0.15) is 25.5 Å². The fraction of sp³-hybridized carbons (Fsp3) is 0.154. The van der Waals surface area contributed by atoms with Crippen LogP contribution in [0.2, 0.25) is 0 Å². The smallest absolute Gasteiger partial charge is 0.283 e. The number of nitrogens with zero attached hydrogens (tertiary/aromatic N) is 5. The minimum absolute atomic E-state index is 0.274. The molecule has 1 amide bonds. The molecule has 0 unspecified atom stereocenters. The number of hydrogen-bond acceptors (Lipinski definition) is 4. The number of benzene rings is 1. The van der Waals surface area contributed by atoms with Crippen molar-refractivity contribution in [2.24, 2.45) is 16.5 Å². The average molecular weight is 298 g/mol. The highest BCUT2D eigenvalue weighted by molar-refractivity contribution is 6.02. The van der Waals surface area contributed by atoms with E-state index in [0.717, 1.165) is 16.9 Å². The van der Waals surface area contributed by atoms with Gasteiger partial charge in [0.05, 0.1) is 23.1 Å². The van der Waals surface area contributed by atoms with Gasteiger partial charge < -0.3 is 11.5 Å². The summed E-state index contributed by atoms with van der Waals surface area (Å²) in [5.74, 6) is -0.783. The van der Waals surface area contributed by atoms with E-state index in [9.17, 15) is 4.79 Å². The van der Waals surface area contributed by atoms with E-state index in [1.807, 2.05) is 25.1 Å². The number of aromatic amines is 1. The Kier molecular flexibility index (Phi) is 3.30. The molecule has 9 heteroatoms. The van der Waals surface area contributed by atoms with Crippen LogP contribution in [0.4, 0.5) is 0 Å². The van der Waals surface area contributed by atoms with Crippen LogP contribution in [0.25, 0.3) is 16.7 Å². The van der Waals surface area contributed by atoms with Gasteiger partial charge in [0.1, 0.15) is 11.0 Å². The standard InChI is InChI=1S/C13H14N8O/c1-2-11-8(12(22)17-13(14)15)6-16-21(11)7-3-4-9-10(5-7)19-20-18-9/h3-6H,2H2,1H3,(H,18,19,20)(H4,14,15,17,22). The summed E-state index contributed by atoms with van der Waals surface area (Å²) in [6.45, 7) is 1.93. The molecule has 0 fully saturated rings. The molecule has 5 N–H and O–H groups in total. The van der Waals surface area contributed by atoms with Crippen molar-refractivity contribution in [3.8, 4) is 5.69 Å². The zero-order valence-electron chi connectivity index (χ0n) is 11.8. The van der Waals surface area contributed by atoms with Crippen LogP contribution in [-0.4, -0.2) is 37.1 Å². The van der Waals surface area contributed by atoms with Gasteiger partial charge in [0.25, 0.3) is 5.91 Å². The number of aromatic nitrogens is 5. The molecule has 0 aliphatic carbocycles. The Balaban J connectivity index is 2.09. The number of carbonyl (C=O) groups is 1. The van der Waals surface area contributed by atoms with Gasteiger partial charge in [0, 0.05) is 0 Å². The molecule has 0 spiro atoms. The topological polar surface area (TPSA) is 141 Å². The summed E-state index contributed by atoms with van der Waals surface area (Å²) in [6.07, 6.45) is 2.05. The van der Waals surface area contributed by atoms with Gasteiger partial charge in [-0.25, -0.2) is 4.68 Å². The van der Waals surface area contributed by atoms with Crippen LogP contribution in [0.1, 0.15) is 23.0 Å². The number of rotatable bonds is 3. The van der Waals surface area contributed by atoms with Crippen molar-refractivity contribution in [2.45, 2.75) is 13.3 Å². The van der Waals surface area contributed by atoms with E-state index in [1.165, 1.54) is 6.20 Å². The molecule has 3 rings (SSSR count). The van der Waals surface area contributed by atoms with E-state index >= 15 is 0 Å². The molecule has 9 nitrogen and oxygen atoms in total. The van der Waals surface area contributed by atoms with Crippen molar-refractivity contribution in [3.63, 3.8) is 0 Å². The molecule has 2 aromatic heterocycles. The highest BCUT2D eigenvalue weighted by Crippen LogP contribution is 2.19. The molecule has 1 aromatic carbocycles. The maximum Gasteiger partial charge on any atom is 0.283 e. The highest BCUT2D eigenvalue weighted by atomic mass is 16.1. The third-order valence-corrected chi connectivity index (χ3v) is 3.21. The zero-order valence-corrected chi connectivity index (χ0v) is 11.8. The monoisotopic (exact) mass is 298 g/mol. The molecule has 22 heavy (non-hydrogen) atoms. The van der Waals surface area contributed by atoms with Crippen molar-refractivity contribution >= 4 is 22.9 Å². The lowest BCUT2D eigenvalue weighted by molar-refractivity contribution is 0.100. The van der Waals surface area contributed by atoms with Crippen molar-refractivity contribution in [1.82, 2.24) is 25.2 Å². The van der Waals surface area contributed by atoms with Crippen molar-refractivity contribution in [1.29, 1.82) is 0 Å². The molecule has 112 valence electrons. The van der Waals surface area contributed by atoms with Crippen LogP contribution < -0.4 is 11.5 Å². The number of fused-ring (bicyclic) bond motifs is 1. The number of hydrogen-bond donors (Lipinski definition) is 3. The third-order valence-electron chi connectivity index (χ3n) is 3.21. The number of nitrogens with two attached hydrogens (primary N) is 2. The second-order valence-corrected chi connectivity index (χ2v) is 4.61. The zero-order chi connectivity index (χ0) is 15.7. The van der Waals surface area contributed by atoms with Crippen molar-refractivity contribution in [3.05, 3.63) is 35.7 Å². The van der Waals surface area contributed by atoms with E-state index in [0.29, 0.717) is 17.5 Å². The Bertz CT molecular complexity index is 871. The van der Waals surface area contributed by atoms with Crippen molar-refractivity contribution < 1.29 is 4.79 Å². The second kappa shape index (κ2) is 5.28. The summed E-state index contributed by atoms with van der Waals surface area (Å²) in [7, 11) is 0. The van der Waals surface area contributed by atoms with E-state index in [2.05, 4.69) is 25.5 Å². The Labute approximate surface area is 125 Å².